The Morgan fingerprint density at radius 3 is 2.46 bits per heavy atom. The number of fused-ring (bicyclic) bond motifs is 1. The molecule has 0 spiro atoms. The molecule has 0 aliphatic heterocycles. The molecule has 0 aliphatic carbocycles. The first-order valence-electron chi connectivity index (χ1n) is 9.11. The highest BCUT2D eigenvalue weighted by Crippen LogP contribution is 2.42. The third-order valence-corrected chi connectivity index (χ3v) is 4.79. The SMILES string of the molecule is COc1c(C)c(O)c(CN(C)C)c2c(C(=O)OCc3ccccc3)c(C)[nH]c12. The zero-order chi connectivity index (χ0) is 20.4. The molecule has 3 rings (SSSR count). The Labute approximate surface area is 164 Å². The normalized spacial score (nSPS) is 11.2. The van der Waals surface area contributed by atoms with Gasteiger partial charge in [-0.25, -0.2) is 4.79 Å². The van der Waals surface area contributed by atoms with Crippen molar-refractivity contribution in [2.24, 2.45) is 0 Å². The number of aromatic nitrogens is 1. The highest BCUT2D eigenvalue weighted by molar-refractivity contribution is 6.09. The first kappa shape index (κ1) is 19.8. The largest absolute Gasteiger partial charge is 0.507 e. The predicted molar refractivity (Wildman–Crippen MR) is 109 cm³/mol. The molecule has 0 saturated carbocycles. The van der Waals surface area contributed by atoms with E-state index in [1.807, 2.05) is 56.3 Å². The molecule has 2 N–H and O–H groups in total. The molecule has 0 saturated heterocycles. The molecular formula is C22H26N2O4. The predicted octanol–water partition coefficient (Wildman–Crippen LogP) is 3.92. The zero-order valence-corrected chi connectivity index (χ0v) is 16.9. The number of nitrogens with one attached hydrogen (secondary N) is 1. The molecule has 6 heteroatoms. The van der Waals surface area contributed by atoms with Gasteiger partial charge in [0.05, 0.1) is 18.2 Å². The Kier molecular flexibility index (Phi) is 5.61. The van der Waals surface area contributed by atoms with Gasteiger partial charge in [0.1, 0.15) is 18.1 Å². The maximum atomic E-state index is 13.0. The number of phenolic OH excluding ortho intramolecular Hbond substituents is 1. The summed E-state index contributed by atoms with van der Waals surface area (Å²) in [5.41, 5.74) is 4.02. The van der Waals surface area contributed by atoms with Crippen molar-refractivity contribution < 1.29 is 19.4 Å². The average molecular weight is 382 g/mol. The van der Waals surface area contributed by atoms with Gasteiger partial charge in [-0.2, -0.15) is 0 Å². The molecule has 6 nitrogen and oxygen atoms in total. The van der Waals surface area contributed by atoms with Gasteiger partial charge in [-0.3, -0.25) is 0 Å². The molecule has 0 fully saturated rings. The number of aromatic amines is 1. The Morgan fingerprint density at radius 1 is 1.18 bits per heavy atom. The van der Waals surface area contributed by atoms with Gasteiger partial charge in [-0.15, -0.1) is 0 Å². The van der Waals surface area contributed by atoms with Crippen LogP contribution < -0.4 is 4.74 Å². The molecular weight excluding hydrogens is 356 g/mol. The number of nitrogens with zero attached hydrogens (tertiary/aromatic N) is 1. The third kappa shape index (κ3) is 3.55. The summed E-state index contributed by atoms with van der Waals surface area (Å²) in [6.07, 6.45) is 0. The van der Waals surface area contributed by atoms with Crippen molar-refractivity contribution in [2.75, 3.05) is 21.2 Å². The van der Waals surface area contributed by atoms with Gasteiger partial charge in [-0.05, 0) is 33.5 Å². The molecule has 28 heavy (non-hydrogen) atoms. The summed E-state index contributed by atoms with van der Waals surface area (Å²) in [7, 11) is 5.38. The highest BCUT2D eigenvalue weighted by Gasteiger charge is 2.27. The van der Waals surface area contributed by atoms with Crippen molar-refractivity contribution in [2.45, 2.75) is 27.0 Å². The molecule has 2 aromatic carbocycles. The summed E-state index contributed by atoms with van der Waals surface area (Å²) in [4.78, 5) is 18.2. The Morgan fingerprint density at radius 2 is 1.86 bits per heavy atom. The van der Waals surface area contributed by atoms with E-state index in [9.17, 15) is 9.90 Å². The van der Waals surface area contributed by atoms with Gasteiger partial charge < -0.3 is 24.5 Å². The van der Waals surface area contributed by atoms with E-state index in [-0.39, 0.29) is 12.4 Å². The smallest absolute Gasteiger partial charge is 0.340 e. The molecule has 1 heterocycles. The van der Waals surface area contributed by atoms with Crippen molar-refractivity contribution >= 4 is 16.9 Å². The first-order valence-corrected chi connectivity index (χ1v) is 9.11. The standard InChI is InChI=1S/C22H26N2O4/c1-13-20(25)16(11-24(3)4)18-17(14(2)23-19(18)21(13)27-5)22(26)28-12-15-9-7-6-8-10-15/h6-10,23,25H,11-12H2,1-5H3. The van der Waals surface area contributed by atoms with Gasteiger partial charge in [0, 0.05) is 28.8 Å². The maximum absolute atomic E-state index is 13.0. The van der Waals surface area contributed by atoms with Crippen LogP contribution in [0.2, 0.25) is 0 Å². The van der Waals surface area contributed by atoms with Crippen LogP contribution in [0.25, 0.3) is 10.9 Å². The number of rotatable bonds is 6. The van der Waals surface area contributed by atoms with Gasteiger partial charge in [0.25, 0.3) is 0 Å². The number of phenols is 1. The minimum atomic E-state index is -0.432. The fourth-order valence-corrected chi connectivity index (χ4v) is 3.51. The van der Waals surface area contributed by atoms with Crippen LogP contribution in [0.3, 0.4) is 0 Å². The summed E-state index contributed by atoms with van der Waals surface area (Å²) in [6.45, 7) is 4.29. The van der Waals surface area contributed by atoms with E-state index in [1.54, 1.807) is 14.0 Å². The lowest BCUT2D eigenvalue weighted by Gasteiger charge is -2.17. The lowest BCUT2D eigenvalue weighted by atomic mass is 9.99. The molecule has 0 aliphatic rings. The van der Waals surface area contributed by atoms with Gasteiger partial charge >= 0.3 is 5.97 Å². The van der Waals surface area contributed by atoms with Crippen LogP contribution >= 0.6 is 0 Å². The average Bonchev–Trinajstić information content (AvgIpc) is 3.01. The summed E-state index contributed by atoms with van der Waals surface area (Å²) in [5, 5.41) is 11.4. The summed E-state index contributed by atoms with van der Waals surface area (Å²) in [5.74, 6) is 0.229. The van der Waals surface area contributed by atoms with Crippen LogP contribution in [-0.2, 0) is 17.9 Å². The number of benzene rings is 2. The molecule has 0 amide bonds. The lowest BCUT2D eigenvalue weighted by Crippen LogP contribution is -2.13. The van der Waals surface area contributed by atoms with Crippen LogP contribution in [0.4, 0.5) is 0 Å². The second-order valence-corrected chi connectivity index (χ2v) is 7.16. The first-order chi connectivity index (χ1) is 13.3. The molecule has 0 radical (unpaired) electrons. The molecule has 0 bridgehead atoms. The number of esters is 1. The number of hydrogen-bond acceptors (Lipinski definition) is 5. The molecule has 1 aromatic heterocycles. The Bertz CT molecular complexity index is 1010. The number of methoxy groups -OCH3 is 1. The van der Waals surface area contributed by atoms with Gasteiger partial charge in [0.15, 0.2) is 0 Å². The summed E-state index contributed by atoms with van der Waals surface area (Å²) < 4.78 is 11.1. The van der Waals surface area contributed by atoms with E-state index in [0.29, 0.717) is 45.6 Å². The fraction of sp³-hybridized carbons (Fsp3) is 0.318. The molecule has 148 valence electrons. The third-order valence-electron chi connectivity index (χ3n) is 4.79. The number of ether oxygens (including phenoxy) is 2. The van der Waals surface area contributed by atoms with Crippen LogP contribution in [-0.4, -0.2) is 42.2 Å². The van der Waals surface area contributed by atoms with Crippen LogP contribution in [0.1, 0.15) is 32.7 Å². The second-order valence-electron chi connectivity index (χ2n) is 7.16. The second kappa shape index (κ2) is 7.94. The molecule has 0 unspecified atom stereocenters. The van der Waals surface area contributed by atoms with E-state index in [0.717, 1.165) is 5.56 Å². The topological polar surface area (TPSA) is 74.8 Å². The number of carbonyl (C=O) groups excluding carboxylic acids is 1. The van der Waals surface area contributed by atoms with E-state index >= 15 is 0 Å². The lowest BCUT2D eigenvalue weighted by molar-refractivity contribution is 0.0474. The summed E-state index contributed by atoms with van der Waals surface area (Å²) >= 11 is 0. The number of H-pyrrole nitrogens is 1. The number of carbonyl (C=O) groups is 1. The van der Waals surface area contributed by atoms with Crippen molar-refractivity contribution in [1.82, 2.24) is 9.88 Å². The Balaban J connectivity index is 2.12. The number of aromatic hydroxyl groups is 1. The van der Waals surface area contributed by atoms with Crippen molar-refractivity contribution in [3.63, 3.8) is 0 Å². The maximum Gasteiger partial charge on any atom is 0.340 e. The minimum Gasteiger partial charge on any atom is -0.507 e. The van der Waals surface area contributed by atoms with Crippen molar-refractivity contribution in [3.8, 4) is 11.5 Å². The fourth-order valence-electron chi connectivity index (χ4n) is 3.51. The number of hydrogen-bond donors (Lipinski definition) is 2. The van der Waals surface area contributed by atoms with Crippen LogP contribution in [0.5, 0.6) is 11.5 Å². The van der Waals surface area contributed by atoms with Crippen molar-refractivity contribution in [1.29, 1.82) is 0 Å². The zero-order valence-electron chi connectivity index (χ0n) is 16.9. The molecule has 3 aromatic rings. The summed E-state index contributed by atoms with van der Waals surface area (Å²) in [6, 6.07) is 9.54. The minimum absolute atomic E-state index is 0.133. The monoisotopic (exact) mass is 382 g/mol. The molecule has 0 atom stereocenters. The van der Waals surface area contributed by atoms with Gasteiger partial charge in [0.2, 0.25) is 0 Å². The quantitative estimate of drug-likeness (QED) is 0.632. The van der Waals surface area contributed by atoms with Crippen LogP contribution in [0.15, 0.2) is 30.3 Å². The number of aryl methyl sites for hydroxylation is 1. The van der Waals surface area contributed by atoms with Crippen LogP contribution in [0, 0.1) is 13.8 Å². The van der Waals surface area contributed by atoms with E-state index in [2.05, 4.69) is 4.98 Å². The van der Waals surface area contributed by atoms with E-state index < -0.39 is 5.97 Å². The van der Waals surface area contributed by atoms with Gasteiger partial charge in [-0.1, -0.05) is 30.3 Å². The van der Waals surface area contributed by atoms with E-state index in [4.69, 9.17) is 9.47 Å². The Hall–Kier alpha value is -2.99. The van der Waals surface area contributed by atoms with Crippen molar-refractivity contribution in [3.05, 3.63) is 58.3 Å². The highest BCUT2D eigenvalue weighted by atomic mass is 16.5. The van der Waals surface area contributed by atoms with E-state index in [1.165, 1.54) is 0 Å².